The van der Waals surface area contributed by atoms with Crippen LogP contribution in [0.5, 0.6) is 11.5 Å². The fraction of sp³-hybridized carbons (Fsp3) is 0.371. The van der Waals surface area contributed by atoms with Gasteiger partial charge in [-0.15, -0.1) is 0 Å². The number of aryl methyl sites for hydroxylation is 1. The number of aromatic nitrogens is 4. The molecule has 0 aliphatic rings. The van der Waals surface area contributed by atoms with Gasteiger partial charge in [-0.25, -0.2) is 0 Å². The van der Waals surface area contributed by atoms with Gasteiger partial charge in [0.2, 0.25) is 0 Å². The molecule has 0 radical (unpaired) electrons. The minimum absolute atomic E-state index is 0.126. The quantitative estimate of drug-likeness (QED) is 0.116. The van der Waals surface area contributed by atoms with Crippen LogP contribution in [-0.4, -0.2) is 31.5 Å². The molecule has 0 aliphatic heterocycles. The lowest BCUT2D eigenvalue weighted by atomic mass is 10.0. The lowest BCUT2D eigenvalue weighted by Crippen LogP contribution is -2.36. The summed E-state index contributed by atoms with van der Waals surface area (Å²) in [6.45, 7) is 8.05. The van der Waals surface area contributed by atoms with Gasteiger partial charge in [0.25, 0.3) is 0 Å². The van der Waals surface area contributed by atoms with Crippen LogP contribution < -0.4 is 9.47 Å². The molecular weight excluding hydrogens is 508 g/mol. The molecule has 5 aromatic rings. The van der Waals surface area contributed by atoms with Crippen molar-refractivity contribution in [3.8, 4) is 11.5 Å². The van der Waals surface area contributed by atoms with Crippen molar-refractivity contribution in [1.29, 1.82) is 0 Å². The second-order valence-corrected chi connectivity index (χ2v) is 11.4. The first-order valence-corrected chi connectivity index (χ1v) is 14.9. The van der Waals surface area contributed by atoms with E-state index in [0.29, 0.717) is 13.2 Å². The molecule has 6 heteroatoms. The van der Waals surface area contributed by atoms with Gasteiger partial charge in [0.15, 0.2) is 0 Å². The van der Waals surface area contributed by atoms with E-state index in [4.69, 9.17) is 9.47 Å². The van der Waals surface area contributed by atoms with Crippen LogP contribution in [0.3, 0.4) is 0 Å². The van der Waals surface area contributed by atoms with E-state index < -0.39 is 0 Å². The molecule has 0 spiro atoms. The summed E-state index contributed by atoms with van der Waals surface area (Å²) < 4.78 is 21.5. The second-order valence-electron chi connectivity index (χ2n) is 11.4. The van der Waals surface area contributed by atoms with Crippen molar-refractivity contribution in [2.75, 3.05) is 13.2 Å². The van der Waals surface area contributed by atoms with Crippen LogP contribution in [0.25, 0.3) is 0 Å². The van der Waals surface area contributed by atoms with Crippen LogP contribution in [0.2, 0.25) is 0 Å². The maximum atomic E-state index is 6.18. The van der Waals surface area contributed by atoms with Crippen LogP contribution in [0.15, 0.2) is 116 Å². The predicted octanol–water partition coefficient (Wildman–Crippen LogP) is 8.14. The Morgan fingerprint density at radius 1 is 0.488 bits per heavy atom. The standard InChI is InChI=1S/C35H44N4O2/c1-31-28-32(40-26-14-4-16-34(2,36-18-6-7-19-36)37-20-8-9-21-37)30-33(29-31)41-27-15-5-17-35(3,38-22-10-11-23-38)39-24-12-13-25-39/h6-13,18-25,28-30H,4-5,14-17,26-27H2,1-3H3. The smallest absolute Gasteiger partial charge is 0.123 e. The first-order valence-electron chi connectivity index (χ1n) is 14.9. The molecule has 216 valence electrons. The highest BCUT2D eigenvalue weighted by molar-refractivity contribution is 5.37. The summed E-state index contributed by atoms with van der Waals surface area (Å²) >= 11 is 0. The normalized spacial score (nSPS) is 12.1. The average molecular weight is 553 g/mol. The molecule has 4 aromatic heterocycles. The third-order valence-electron chi connectivity index (χ3n) is 8.29. The monoisotopic (exact) mass is 552 g/mol. The maximum absolute atomic E-state index is 6.18. The second kappa shape index (κ2) is 13.1. The Balaban J connectivity index is 1.07. The molecule has 6 nitrogen and oxygen atoms in total. The molecule has 5 rings (SSSR count). The minimum atomic E-state index is -0.126. The molecule has 0 unspecified atom stereocenters. The van der Waals surface area contributed by atoms with E-state index in [-0.39, 0.29) is 11.3 Å². The van der Waals surface area contributed by atoms with Crippen molar-refractivity contribution in [2.24, 2.45) is 0 Å². The van der Waals surface area contributed by atoms with Gasteiger partial charge in [-0.3, -0.25) is 0 Å². The van der Waals surface area contributed by atoms with Crippen molar-refractivity contribution in [3.63, 3.8) is 0 Å². The van der Waals surface area contributed by atoms with E-state index in [2.05, 4.69) is 149 Å². The van der Waals surface area contributed by atoms with E-state index in [1.165, 1.54) is 0 Å². The van der Waals surface area contributed by atoms with E-state index in [1.807, 2.05) is 6.07 Å². The van der Waals surface area contributed by atoms with Gasteiger partial charge in [0.05, 0.1) is 13.2 Å². The number of unbranched alkanes of at least 4 members (excludes halogenated alkanes) is 2. The van der Waals surface area contributed by atoms with Crippen molar-refractivity contribution >= 4 is 0 Å². The number of nitrogens with zero attached hydrogens (tertiary/aromatic N) is 4. The van der Waals surface area contributed by atoms with Gasteiger partial charge in [-0.05, 0) is 126 Å². The first-order chi connectivity index (χ1) is 20.0. The molecule has 0 fully saturated rings. The SMILES string of the molecule is Cc1cc(OCCCCC(C)(n2cccc2)n2cccc2)cc(OCCCCC(C)(n2cccc2)n2cccc2)c1. The molecule has 1 aromatic carbocycles. The first kappa shape index (κ1) is 28.5. The lowest BCUT2D eigenvalue weighted by molar-refractivity contribution is 0.217. The molecule has 41 heavy (non-hydrogen) atoms. The fourth-order valence-electron chi connectivity index (χ4n) is 5.79. The van der Waals surface area contributed by atoms with Crippen LogP contribution in [0.4, 0.5) is 0 Å². The van der Waals surface area contributed by atoms with Crippen LogP contribution in [-0.2, 0) is 11.3 Å². The van der Waals surface area contributed by atoms with Crippen molar-refractivity contribution in [1.82, 2.24) is 18.3 Å². The third-order valence-corrected chi connectivity index (χ3v) is 8.29. The van der Waals surface area contributed by atoms with Crippen LogP contribution in [0.1, 0.15) is 57.9 Å². The highest BCUT2D eigenvalue weighted by atomic mass is 16.5. The van der Waals surface area contributed by atoms with Gasteiger partial charge < -0.3 is 27.7 Å². The predicted molar refractivity (Wildman–Crippen MR) is 166 cm³/mol. The topological polar surface area (TPSA) is 38.2 Å². The number of ether oxygens (including phenoxy) is 2. The summed E-state index contributed by atoms with van der Waals surface area (Å²) in [5.74, 6) is 1.76. The van der Waals surface area contributed by atoms with Crippen molar-refractivity contribution in [3.05, 3.63) is 122 Å². The summed E-state index contributed by atoms with van der Waals surface area (Å²) in [6.07, 6.45) is 23.3. The zero-order valence-corrected chi connectivity index (χ0v) is 24.7. The Kier molecular flexibility index (Phi) is 9.07. The highest BCUT2D eigenvalue weighted by Crippen LogP contribution is 2.28. The zero-order valence-electron chi connectivity index (χ0n) is 24.7. The van der Waals surface area contributed by atoms with E-state index >= 15 is 0 Å². The number of benzene rings is 1. The van der Waals surface area contributed by atoms with Gasteiger partial charge in [0.1, 0.15) is 22.8 Å². The molecule has 0 N–H and O–H groups in total. The minimum Gasteiger partial charge on any atom is -0.493 e. The number of hydrogen-bond acceptors (Lipinski definition) is 2. The average Bonchev–Trinajstić information content (AvgIpc) is 3.80. The number of rotatable bonds is 16. The fourth-order valence-corrected chi connectivity index (χ4v) is 5.79. The highest BCUT2D eigenvalue weighted by Gasteiger charge is 2.27. The largest absolute Gasteiger partial charge is 0.493 e. The summed E-state index contributed by atoms with van der Waals surface area (Å²) in [5.41, 5.74) is 0.898. The summed E-state index contributed by atoms with van der Waals surface area (Å²) in [4.78, 5) is 0. The molecule has 0 saturated heterocycles. The Hall–Kier alpha value is -4.06. The van der Waals surface area contributed by atoms with Crippen molar-refractivity contribution in [2.45, 2.75) is 70.6 Å². The molecule has 0 bridgehead atoms. The van der Waals surface area contributed by atoms with Gasteiger partial charge in [0, 0.05) is 55.6 Å². The van der Waals surface area contributed by atoms with Crippen LogP contribution >= 0.6 is 0 Å². The summed E-state index contributed by atoms with van der Waals surface area (Å²) in [6, 6.07) is 22.9. The Bertz CT molecular complexity index is 1240. The molecule has 0 aliphatic carbocycles. The Morgan fingerprint density at radius 3 is 1.12 bits per heavy atom. The van der Waals surface area contributed by atoms with Crippen LogP contribution in [0, 0.1) is 6.92 Å². The van der Waals surface area contributed by atoms with Gasteiger partial charge in [-0.1, -0.05) is 0 Å². The lowest BCUT2D eigenvalue weighted by Gasteiger charge is -2.34. The van der Waals surface area contributed by atoms with Gasteiger partial charge >= 0.3 is 0 Å². The summed E-state index contributed by atoms with van der Waals surface area (Å²) in [7, 11) is 0. The Morgan fingerprint density at radius 2 is 0.805 bits per heavy atom. The van der Waals surface area contributed by atoms with E-state index in [1.54, 1.807) is 0 Å². The number of hydrogen-bond donors (Lipinski definition) is 0. The molecule has 0 atom stereocenters. The van der Waals surface area contributed by atoms with Gasteiger partial charge in [-0.2, -0.15) is 0 Å². The molecule has 0 amide bonds. The Labute approximate surface area is 244 Å². The zero-order chi connectivity index (χ0) is 28.5. The summed E-state index contributed by atoms with van der Waals surface area (Å²) in [5, 5.41) is 0. The van der Waals surface area contributed by atoms with Crippen molar-refractivity contribution < 1.29 is 9.47 Å². The molecular formula is C35H44N4O2. The van der Waals surface area contributed by atoms with E-state index in [9.17, 15) is 0 Å². The third kappa shape index (κ3) is 6.82. The van der Waals surface area contributed by atoms with E-state index in [0.717, 1.165) is 55.6 Å². The molecule has 4 heterocycles. The maximum Gasteiger partial charge on any atom is 0.123 e. The molecule has 0 saturated carbocycles.